The van der Waals surface area contributed by atoms with Crippen molar-refractivity contribution in [2.24, 2.45) is 5.92 Å². The van der Waals surface area contributed by atoms with Crippen LogP contribution in [0.1, 0.15) is 24.6 Å². The monoisotopic (exact) mass is 378 g/mol. The average Bonchev–Trinajstić information content (AvgIpc) is 3.15. The minimum Gasteiger partial charge on any atom is -0.393 e. The van der Waals surface area contributed by atoms with Gasteiger partial charge in [0.15, 0.2) is 0 Å². The second-order valence-corrected chi connectivity index (χ2v) is 7.55. The smallest absolute Gasteiger partial charge is 0.226 e. The normalized spacial score (nSPS) is 24.9. The van der Waals surface area contributed by atoms with E-state index in [0.717, 1.165) is 22.3 Å². The zero-order valence-corrected chi connectivity index (χ0v) is 15.4. The molecule has 2 fully saturated rings. The number of aliphatic hydroxyl groups excluding tert-OH is 1. The van der Waals surface area contributed by atoms with E-state index in [1.807, 2.05) is 39.9 Å². The van der Waals surface area contributed by atoms with Crippen LogP contribution >= 0.6 is 0 Å². The quantitative estimate of drug-likeness (QED) is 0.755. The Morgan fingerprint density at radius 2 is 2.11 bits per heavy atom. The van der Waals surface area contributed by atoms with E-state index in [1.54, 1.807) is 12.5 Å². The molecule has 1 saturated carbocycles. The Labute approximate surface area is 162 Å². The Bertz CT molecular complexity index is 997. The Morgan fingerprint density at radius 3 is 2.89 bits per heavy atom. The number of fused-ring (bicyclic) bond motifs is 1. The van der Waals surface area contributed by atoms with E-state index in [-0.39, 0.29) is 24.0 Å². The first-order chi connectivity index (χ1) is 13.7. The number of carbonyl (C=O) groups excluding carboxylic acids is 1. The third-order valence-electron chi connectivity index (χ3n) is 5.70. The van der Waals surface area contributed by atoms with Crippen LogP contribution in [0.4, 0.5) is 0 Å². The van der Waals surface area contributed by atoms with Crippen molar-refractivity contribution in [3.63, 3.8) is 0 Å². The van der Waals surface area contributed by atoms with E-state index >= 15 is 0 Å². The molecule has 3 aromatic heterocycles. The Hall–Kier alpha value is -2.77. The van der Waals surface area contributed by atoms with Crippen molar-refractivity contribution in [3.8, 4) is 11.1 Å². The molecule has 0 radical (unpaired) electrons. The number of morpholine rings is 1. The van der Waals surface area contributed by atoms with Crippen LogP contribution in [0.2, 0.25) is 0 Å². The number of pyridine rings is 2. The summed E-state index contributed by atoms with van der Waals surface area (Å²) in [7, 11) is 0. The molecule has 0 spiro atoms. The summed E-state index contributed by atoms with van der Waals surface area (Å²) in [6.07, 6.45) is 8.01. The predicted octanol–water partition coefficient (Wildman–Crippen LogP) is 2.07. The first kappa shape index (κ1) is 17.3. The molecule has 0 unspecified atom stereocenters. The first-order valence-electron chi connectivity index (χ1n) is 9.64. The highest BCUT2D eigenvalue weighted by Gasteiger charge is 2.38. The van der Waals surface area contributed by atoms with E-state index in [2.05, 4.69) is 16.0 Å². The summed E-state index contributed by atoms with van der Waals surface area (Å²) in [5, 5.41) is 9.48. The highest BCUT2D eigenvalue weighted by atomic mass is 16.5. The highest BCUT2D eigenvalue weighted by Crippen LogP contribution is 2.32. The van der Waals surface area contributed by atoms with Gasteiger partial charge in [-0.25, -0.2) is 4.98 Å². The van der Waals surface area contributed by atoms with Gasteiger partial charge in [0.1, 0.15) is 6.10 Å². The molecule has 144 valence electrons. The van der Waals surface area contributed by atoms with Crippen LogP contribution < -0.4 is 0 Å². The zero-order chi connectivity index (χ0) is 19.1. The van der Waals surface area contributed by atoms with Gasteiger partial charge < -0.3 is 19.1 Å². The highest BCUT2D eigenvalue weighted by molar-refractivity contribution is 5.80. The molecule has 28 heavy (non-hydrogen) atoms. The van der Waals surface area contributed by atoms with Crippen LogP contribution in [0, 0.1) is 5.92 Å². The van der Waals surface area contributed by atoms with E-state index in [4.69, 9.17) is 4.74 Å². The second kappa shape index (κ2) is 7.00. The number of carbonyl (C=O) groups is 1. The summed E-state index contributed by atoms with van der Waals surface area (Å²) < 4.78 is 7.94. The average molecular weight is 378 g/mol. The van der Waals surface area contributed by atoms with Crippen molar-refractivity contribution < 1.29 is 14.6 Å². The summed E-state index contributed by atoms with van der Waals surface area (Å²) in [5.41, 5.74) is 3.94. The number of aliphatic hydroxyl groups is 1. The minimum atomic E-state index is -0.322. The largest absolute Gasteiger partial charge is 0.393 e. The van der Waals surface area contributed by atoms with Crippen LogP contribution in [-0.2, 0) is 9.53 Å². The van der Waals surface area contributed by atoms with Crippen molar-refractivity contribution in [2.45, 2.75) is 25.0 Å². The minimum absolute atomic E-state index is 0.0467. The Balaban J connectivity index is 1.37. The number of amides is 1. The fourth-order valence-electron chi connectivity index (χ4n) is 4.04. The van der Waals surface area contributed by atoms with Gasteiger partial charge in [0.25, 0.3) is 0 Å². The molecule has 1 N–H and O–H groups in total. The van der Waals surface area contributed by atoms with Crippen LogP contribution in [0.15, 0.2) is 49.2 Å². The lowest BCUT2D eigenvalue weighted by molar-refractivity contribution is -0.150. The van der Waals surface area contributed by atoms with Gasteiger partial charge in [-0.2, -0.15) is 0 Å². The SMILES string of the molecule is O=C(C1CC(O)C1)N1CCO[C@@H](c2ncn3cc(-c4cccnc4)ccc23)C1. The van der Waals surface area contributed by atoms with Crippen molar-refractivity contribution in [3.05, 3.63) is 54.9 Å². The molecule has 0 aromatic carbocycles. The van der Waals surface area contributed by atoms with Crippen LogP contribution in [0.25, 0.3) is 16.6 Å². The zero-order valence-electron chi connectivity index (χ0n) is 15.4. The third-order valence-corrected chi connectivity index (χ3v) is 5.70. The lowest BCUT2D eigenvalue weighted by Gasteiger charge is -2.38. The summed E-state index contributed by atoms with van der Waals surface area (Å²) >= 11 is 0. The number of imidazole rings is 1. The number of aromatic nitrogens is 3. The fourth-order valence-corrected chi connectivity index (χ4v) is 4.04. The third kappa shape index (κ3) is 3.06. The molecule has 1 aliphatic carbocycles. The van der Waals surface area contributed by atoms with Gasteiger partial charge in [-0.15, -0.1) is 0 Å². The molecule has 7 nitrogen and oxygen atoms in total. The molecule has 1 amide bonds. The molecule has 2 aliphatic rings. The number of hydrogen-bond acceptors (Lipinski definition) is 5. The fraction of sp³-hybridized carbons (Fsp3) is 0.381. The van der Waals surface area contributed by atoms with Crippen molar-refractivity contribution in [1.82, 2.24) is 19.3 Å². The van der Waals surface area contributed by atoms with Crippen molar-refractivity contribution >= 4 is 11.4 Å². The van der Waals surface area contributed by atoms with Gasteiger partial charge in [-0.05, 0) is 30.5 Å². The van der Waals surface area contributed by atoms with Gasteiger partial charge in [0.05, 0.1) is 36.8 Å². The maximum atomic E-state index is 12.6. The molecule has 7 heteroatoms. The topological polar surface area (TPSA) is 80.0 Å². The molecule has 1 aliphatic heterocycles. The first-order valence-corrected chi connectivity index (χ1v) is 9.64. The summed E-state index contributed by atoms with van der Waals surface area (Å²) in [6, 6.07) is 8.04. The lowest BCUT2D eigenvalue weighted by atomic mass is 9.81. The maximum Gasteiger partial charge on any atom is 0.226 e. The molecule has 4 heterocycles. The van der Waals surface area contributed by atoms with Crippen molar-refractivity contribution in [2.75, 3.05) is 19.7 Å². The van der Waals surface area contributed by atoms with E-state index in [0.29, 0.717) is 32.5 Å². The summed E-state index contributed by atoms with van der Waals surface area (Å²) in [6.45, 7) is 1.60. The van der Waals surface area contributed by atoms with E-state index in [9.17, 15) is 9.90 Å². The Kier molecular flexibility index (Phi) is 4.33. The number of nitrogens with zero attached hydrogens (tertiary/aromatic N) is 4. The van der Waals surface area contributed by atoms with E-state index < -0.39 is 0 Å². The van der Waals surface area contributed by atoms with Gasteiger partial charge in [-0.1, -0.05) is 12.1 Å². The molecular formula is C21H22N4O3. The molecular weight excluding hydrogens is 356 g/mol. The van der Waals surface area contributed by atoms with Crippen LogP contribution in [0.5, 0.6) is 0 Å². The van der Waals surface area contributed by atoms with Crippen LogP contribution in [0.3, 0.4) is 0 Å². The molecule has 0 bridgehead atoms. The second-order valence-electron chi connectivity index (χ2n) is 7.55. The van der Waals surface area contributed by atoms with Gasteiger partial charge in [-0.3, -0.25) is 9.78 Å². The number of ether oxygens (including phenoxy) is 1. The van der Waals surface area contributed by atoms with E-state index in [1.165, 1.54) is 0 Å². The summed E-state index contributed by atoms with van der Waals surface area (Å²) in [5.74, 6) is 0.0792. The lowest BCUT2D eigenvalue weighted by Crippen LogP contribution is -2.48. The van der Waals surface area contributed by atoms with Gasteiger partial charge >= 0.3 is 0 Å². The van der Waals surface area contributed by atoms with Gasteiger partial charge in [0.2, 0.25) is 5.91 Å². The Morgan fingerprint density at radius 1 is 1.21 bits per heavy atom. The summed E-state index contributed by atoms with van der Waals surface area (Å²) in [4.78, 5) is 23.3. The van der Waals surface area contributed by atoms with Crippen molar-refractivity contribution in [1.29, 1.82) is 0 Å². The number of rotatable bonds is 3. The van der Waals surface area contributed by atoms with Gasteiger partial charge in [0, 0.05) is 36.6 Å². The molecule has 1 atom stereocenters. The van der Waals surface area contributed by atoms with Crippen LogP contribution in [-0.4, -0.2) is 56.1 Å². The molecule has 3 aromatic rings. The molecule has 5 rings (SSSR count). The standard InChI is InChI=1S/C21H22N4O3/c26-17-8-16(9-17)21(27)24-6-7-28-19(12-24)20-18-4-3-15(11-25(18)13-23-20)14-2-1-5-22-10-14/h1-5,10-11,13,16-17,19,26H,6-9,12H2/t16?,17?,19-/m1/s1. The number of hydrogen-bond donors (Lipinski definition) is 1. The maximum absolute atomic E-state index is 12.6. The molecule has 1 saturated heterocycles. The predicted molar refractivity (Wildman–Crippen MR) is 102 cm³/mol.